The third-order valence-electron chi connectivity index (χ3n) is 2.43. The number of phenolic OH excluding ortho intramolecular Hbond substituents is 1. The molecule has 0 bridgehead atoms. The average Bonchev–Trinajstić information content (AvgIpc) is 2.06. The summed E-state index contributed by atoms with van der Waals surface area (Å²) < 4.78 is 0. The van der Waals surface area contributed by atoms with Gasteiger partial charge in [0, 0.05) is 16.5 Å². The number of hydrogen-bond donors (Lipinski definition) is 2. The van der Waals surface area contributed by atoms with Gasteiger partial charge in [0.05, 0.1) is 0 Å². The van der Waals surface area contributed by atoms with Crippen molar-refractivity contribution < 1.29 is 5.11 Å². The Morgan fingerprint density at radius 1 is 1.54 bits per heavy atom. The number of nitrogens with one attached hydrogen (secondary N) is 1. The van der Waals surface area contributed by atoms with Crippen LogP contribution in [0, 0.1) is 0 Å². The Labute approximate surface area is 82.4 Å². The highest BCUT2D eigenvalue weighted by Gasteiger charge is 2.21. The fraction of sp³-hybridized carbons (Fsp3) is 0.400. The van der Waals surface area contributed by atoms with Gasteiger partial charge in [0.1, 0.15) is 5.75 Å². The second-order valence-electron chi connectivity index (χ2n) is 3.22. The van der Waals surface area contributed by atoms with Crippen molar-refractivity contribution in [1.82, 2.24) is 5.32 Å². The van der Waals surface area contributed by atoms with Crippen molar-refractivity contribution in [2.24, 2.45) is 0 Å². The van der Waals surface area contributed by atoms with Crippen LogP contribution in [0.5, 0.6) is 5.75 Å². The number of rotatable bonds is 2. The fourth-order valence-electron chi connectivity index (χ4n) is 1.49. The van der Waals surface area contributed by atoms with Crippen LogP contribution >= 0.6 is 11.8 Å². The van der Waals surface area contributed by atoms with Gasteiger partial charge in [-0.2, -0.15) is 0 Å². The lowest BCUT2D eigenvalue weighted by Crippen LogP contribution is -2.34. The molecule has 1 heterocycles. The lowest BCUT2D eigenvalue weighted by atomic mass is 9.97. The maximum atomic E-state index is 9.62. The Kier molecular flexibility index (Phi) is 2.47. The molecule has 1 atom stereocenters. The maximum Gasteiger partial charge on any atom is 0.120 e. The molecule has 2 N–H and O–H groups in total. The smallest absolute Gasteiger partial charge is 0.120 e. The van der Waals surface area contributed by atoms with E-state index in [4.69, 9.17) is 0 Å². The molecule has 0 radical (unpaired) electrons. The molecule has 13 heavy (non-hydrogen) atoms. The first-order valence-electron chi connectivity index (χ1n) is 4.41. The van der Waals surface area contributed by atoms with Gasteiger partial charge in [-0.25, -0.2) is 0 Å². The minimum absolute atomic E-state index is 0.368. The van der Waals surface area contributed by atoms with Crippen LogP contribution in [0.4, 0.5) is 0 Å². The first-order chi connectivity index (χ1) is 6.31. The first-order valence-corrected chi connectivity index (χ1v) is 5.64. The quantitative estimate of drug-likeness (QED) is 0.709. The minimum Gasteiger partial charge on any atom is -0.508 e. The number of thioether (sulfide) groups is 1. The van der Waals surface area contributed by atoms with Crippen molar-refractivity contribution in [3.8, 4) is 5.75 Å². The van der Waals surface area contributed by atoms with Gasteiger partial charge >= 0.3 is 0 Å². The summed E-state index contributed by atoms with van der Waals surface area (Å²) >= 11 is 1.70. The molecule has 1 aliphatic heterocycles. The van der Waals surface area contributed by atoms with Crippen LogP contribution in [0.15, 0.2) is 23.1 Å². The number of aromatic hydroxyl groups is 1. The van der Waals surface area contributed by atoms with E-state index in [-0.39, 0.29) is 0 Å². The van der Waals surface area contributed by atoms with Crippen LogP contribution in [0.25, 0.3) is 0 Å². The summed E-state index contributed by atoms with van der Waals surface area (Å²) in [5.41, 5.74) is 1.04. The van der Waals surface area contributed by atoms with Crippen LogP contribution in [0.2, 0.25) is 0 Å². The van der Waals surface area contributed by atoms with E-state index in [0.717, 1.165) is 18.5 Å². The normalized spacial score (nSPS) is 21.2. The Balaban J connectivity index is 2.30. The third kappa shape index (κ3) is 1.67. The maximum absolute atomic E-state index is 9.62. The van der Waals surface area contributed by atoms with Crippen LogP contribution < -0.4 is 5.32 Å². The van der Waals surface area contributed by atoms with Crippen molar-refractivity contribution in [2.75, 3.05) is 12.8 Å². The van der Waals surface area contributed by atoms with Crippen molar-refractivity contribution in [2.45, 2.75) is 17.4 Å². The molecular formula is C10H13NOS. The molecule has 0 spiro atoms. The monoisotopic (exact) mass is 195 g/mol. The molecule has 2 nitrogen and oxygen atoms in total. The van der Waals surface area contributed by atoms with Crippen molar-refractivity contribution in [1.29, 1.82) is 0 Å². The van der Waals surface area contributed by atoms with Gasteiger partial charge in [0.2, 0.25) is 0 Å². The SMILES string of the molecule is CSc1ccc(O)c([C@H]2CCN2)c1. The topological polar surface area (TPSA) is 32.3 Å². The molecule has 2 rings (SSSR count). The van der Waals surface area contributed by atoms with E-state index in [0.29, 0.717) is 11.8 Å². The average molecular weight is 195 g/mol. The second kappa shape index (κ2) is 3.60. The number of phenols is 1. The van der Waals surface area contributed by atoms with Crippen LogP contribution in [0.1, 0.15) is 18.0 Å². The summed E-state index contributed by atoms with van der Waals surface area (Å²) in [6.07, 6.45) is 3.18. The molecule has 3 heteroatoms. The van der Waals surface area contributed by atoms with Gasteiger partial charge in [-0.05, 0) is 37.4 Å². The molecule has 0 aromatic heterocycles. The Bertz CT molecular complexity index is 310. The van der Waals surface area contributed by atoms with Gasteiger partial charge < -0.3 is 10.4 Å². The standard InChI is InChI=1S/C10H13NOS/c1-13-7-2-3-10(12)8(6-7)9-4-5-11-9/h2-3,6,9,11-12H,4-5H2,1H3/t9-/m1/s1. The van der Waals surface area contributed by atoms with E-state index in [1.807, 2.05) is 12.3 Å². The molecule has 1 aliphatic rings. The Morgan fingerprint density at radius 2 is 2.31 bits per heavy atom. The highest BCUT2D eigenvalue weighted by molar-refractivity contribution is 7.98. The molecule has 0 aliphatic carbocycles. The van der Waals surface area contributed by atoms with E-state index in [1.54, 1.807) is 17.8 Å². The summed E-state index contributed by atoms with van der Waals surface area (Å²) in [5, 5.41) is 12.9. The summed E-state index contributed by atoms with van der Waals surface area (Å²) in [4.78, 5) is 1.21. The summed E-state index contributed by atoms with van der Waals surface area (Å²) in [7, 11) is 0. The molecule has 0 saturated carbocycles. The molecule has 0 amide bonds. The largest absolute Gasteiger partial charge is 0.508 e. The Morgan fingerprint density at radius 3 is 2.85 bits per heavy atom. The molecule has 0 unspecified atom stereocenters. The minimum atomic E-state index is 0.368. The van der Waals surface area contributed by atoms with E-state index in [2.05, 4.69) is 11.4 Å². The highest BCUT2D eigenvalue weighted by Crippen LogP contribution is 2.32. The molecule has 70 valence electrons. The lowest BCUT2D eigenvalue weighted by Gasteiger charge is -2.28. The van der Waals surface area contributed by atoms with Crippen LogP contribution in [-0.4, -0.2) is 17.9 Å². The zero-order valence-corrected chi connectivity index (χ0v) is 8.40. The van der Waals surface area contributed by atoms with Crippen LogP contribution in [0.3, 0.4) is 0 Å². The van der Waals surface area contributed by atoms with E-state index in [1.165, 1.54) is 4.90 Å². The van der Waals surface area contributed by atoms with E-state index in [9.17, 15) is 5.11 Å². The predicted octanol–water partition coefficient (Wildman–Crippen LogP) is 2.15. The van der Waals surface area contributed by atoms with Gasteiger partial charge in [-0.3, -0.25) is 0 Å². The van der Waals surface area contributed by atoms with Gasteiger partial charge in [-0.1, -0.05) is 0 Å². The van der Waals surface area contributed by atoms with E-state index >= 15 is 0 Å². The van der Waals surface area contributed by atoms with Gasteiger partial charge in [0.25, 0.3) is 0 Å². The Hall–Kier alpha value is -0.670. The number of hydrogen-bond acceptors (Lipinski definition) is 3. The van der Waals surface area contributed by atoms with Crippen molar-refractivity contribution in [3.05, 3.63) is 23.8 Å². The molecule has 1 saturated heterocycles. The molecule has 1 fully saturated rings. The lowest BCUT2D eigenvalue weighted by molar-refractivity contribution is 0.364. The predicted molar refractivity (Wildman–Crippen MR) is 55.2 cm³/mol. The summed E-state index contributed by atoms with van der Waals surface area (Å²) in [5.74, 6) is 0.412. The zero-order chi connectivity index (χ0) is 9.26. The van der Waals surface area contributed by atoms with Crippen molar-refractivity contribution >= 4 is 11.8 Å². The molecule has 1 aromatic carbocycles. The fourth-order valence-corrected chi connectivity index (χ4v) is 1.94. The highest BCUT2D eigenvalue weighted by atomic mass is 32.2. The van der Waals surface area contributed by atoms with Gasteiger partial charge in [0.15, 0.2) is 0 Å². The zero-order valence-electron chi connectivity index (χ0n) is 7.58. The van der Waals surface area contributed by atoms with Crippen LogP contribution in [-0.2, 0) is 0 Å². The van der Waals surface area contributed by atoms with E-state index < -0.39 is 0 Å². The first kappa shape index (κ1) is 8.91. The molecular weight excluding hydrogens is 182 g/mol. The van der Waals surface area contributed by atoms with Crippen molar-refractivity contribution in [3.63, 3.8) is 0 Å². The number of benzene rings is 1. The molecule has 1 aromatic rings. The third-order valence-corrected chi connectivity index (χ3v) is 3.16. The second-order valence-corrected chi connectivity index (χ2v) is 4.10. The summed E-state index contributed by atoms with van der Waals surface area (Å²) in [6, 6.07) is 6.16. The van der Waals surface area contributed by atoms with Gasteiger partial charge in [-0.15, -0.1) is 11.8 Å². The summed E-state index contributed by atoms with van der Waals surface area (Å²) in [6.45, 7) is 1.06.